The minimum Gasteiger partial charge on any atom is -0.329 e. The van der Waals surface area contributed by atoms with Gasteiger partial charge < -0.3 is 10.2 Å². The van der Waals surface area contributed by atoms with Crippen LogP contribution in [0.5, 0.6) is 0 Å². The van der Waals surface area contributed by atoms with Crippen LogP contribution < -0.4 is 5.32 Å². The molecule has 1 atom stereocenters. The molecule has 0 bridgehead atoms. The molecule has 138 valence electrons. The number of urea groups is 1. The van der Waals surface area contributed by atoms with E-state index < -0.39 is 6.04 Å². The number of amides is 3. The molecular weight excluding hydrogens is 387 g/mol. The third-order valence-electron chi connectivity index (χ3n) is 4.82. The number of hydrogen-bond donors (Lipinski definition) is 1. The van der Waals surface area contributed by atoms with Crippen LogP contribution in [0.25, 0.3) is 0 Å². The molecule has 4 rings (SSSR count). The van der Waals surface area contributed by atoms with Gasteiger partial charge in [-0.25, -0.2) is 4.79 Å². The summed E-state index contributed by atoms with van der Waals surface area (Å²) in [5.41, 5.74) is 2.72. The molecule has 0 fully saturated rings. The molecule has 2 aromatic rings. The van der Waals surface area contributed by atoms with Crippen molar-refractivity contribution in [2.45, 2.75) is 12.6 Å². The van der Waals surface area contributed by atoms with Gasteiger partial charge in [-0.3, -0.25) is 14.7 Å². The van der Waals surface area contributed by atoms with E-state index in [0.717, 1.165) is 5.56 Å². The summed E-state index contributed by atoms with van der Waals surface area (Å²) in [6.45, 7) is 0.763. The number of halogens is 2. The first-order chi connectivity index (χ1) is 13.0. The van der Waals surface area contributed by atoms with Crippen molar-refractivity contribution in [3.05, 3.63) is 75.2 Å². The molecule has 1 aromatic carbocycles. The fourth-order valence-corrected chi connectivity index (χ4v) is 3.86. The van der Waals surface area contributed by atoms with Gasteiger partial charge >= 0.3 is 6.03 Å². The molecule has 0 aliphatic carbocycles. The third-order valence-corrected chi connectivity index (χ3v) is 5.66. The Hall–Kier alpha value is -2.57. The lowest BCUT2D eigenvalue weighted by molar-refractivity contribution is -0.126. The van der Waals surface area contributed by atoms with Crippen molar-refractivity contribution in [3.63, 3.8) is 0 Å². The lowest BCUT2D eigenvalue weighted by Crippen LogP contribution is -2.45. The standard InChI is InChI=1S/C19H16Cl2N4O2/c1-24-14-10-25(9-11-4-3-7-22-8-11)18(26)15(14)17(23-19(24)27)12-5-2-6-13(20)16(12)21/h2-8,17H,9-10H2,1H3,(H,23,27)/t17-/m1/s1. The van der Waals surface area contributed by atoms with E-state index in [1.807, 2.05) is 12.1 Å². The van der Waals surface area contributed by atoms with Gasteiger partial charge in [0, 0.05) is 26.0 Å². The molecule has 2 aliphatic rings. The second-order valence-electron chi connectivity index (χ2n) is 6.47. The maximum absolute atomic E-state index is 13.2. The zero-order chi connectivity index (χ0) is 19.1. The van der Waals surface area contributed by atoms with Gasteiger partial charge in [0.15, 0.2) is 0 Å². The molecule has 3 amide bonds. The van der Waals surface area contributed by atoms with Crippen molar-refractivity contribution in [2.24, 2.45) is 0 Å². The number of pyridine rings is 1. The molecule has 6 nitrogen and oxygen atoms in total. The zero-order valence-corrected chi connectivity index (χ0v) is 16.0. The summed E-state index contributed by atoms with van der Waals surface area (Å²) in [5.74, 6) is -0.137. The molecule has 0 unspecified atom stereocenters. The largest absolute Gasteiger partial charge is 0.329 e. The van der Waals surface area contributed by atoms with Gasteiger partial charge in [0.25, 0.3) is 5.91 Å². The van der Waals surface area contributed by atoms with Crippen LogP contribution >= 0.6 is 23.2 Å². The fourth-order valence-electron chi connectivity index (χ4n) is 3.44. The molecule has 0 saturated carbocycles. The summed E-state index contributed by atoms with van der Waals surface area (Å²) < 4.78 is 0. The number of hydrogen-bond acceptors (Lipinski definition) is 3. The van der Waals surface area contributed by atoms with Gasteiger partial charge in [-0.1, -0.05) is 41.4 Å². The summed E-state index contributed by atoms with van der Waals surface area (Å²) >= 11 is 12.5. The van der Waals surface area contributed by atoms with Gasteiger partial charge in [0.1, 0.15) is 0 Å². The number of nitrogens with one attached hydrogen (secondary N) is 1. The smallest absolute Gasteiger partial charge is 0.322 e. The Morgan fingerprint density at radius 2 is 2.04 bits per heavy atom. The van der Waals surface area contributed by atoms with Crippen LogP contribution in [0.1, 0.15) is 17.2 Å². The maximum atomic E-state index is 13.2. The van der Waals surface area contributed by atoms with E-state index in [-0.39, 0.29) is 11.9 Å². The minimum atomic E-state index is -0.638. The number of carbonyl (C=O) groups excluding carboxylic acids is 2. The second-order valence-corrected chi connectivity index (χ2v) is 7.25. The van der Waals surface area contributed by atoms with Gasteiger partial charge in [-0.15, -0.1) is 0 Å². The maximum Gasteiger partial charge on any atom is 0.322 e. The molecule has 3 heterocycles. The highest BCUT2D eigenvalue weighted by Crippen LogP contribution is 2.40. The molecule has 2 aliphatic heterocycles. The van der Waals surface area contributed by atoms with E-state index in [2.05, 4.69) is 10.3 Å². The van der Waals surface area contributed by atoms with Crippen LogP contribution in [-0.2, 0) is 11.3 Å². The first-order valence-corrected chi connectivity index (χ1v) is 9.12. The second kappa shape index (κ2) is 6.87. The Morgan fingerprint density at radius 3 is 2.78 bits per heavy atom. The highest BCUT2D eigenvalue weighted by atomic mass is 35.5. The molecule has 27 heavy (non-hydrogen) atoms. The Bertz CT molecular complexity index is 961. The summed E-state index contributed by atoms with van der Waals surface area (Å²) in [6, 6.07) is 8.01. The van der Waals surface area contributed by atoms with Crippen LogP contribution in [-0.4, -0.2) is 40.3 Å². The Morgan fingerprint density at radius 1 is 1.22 bits per heavy atom. The molecule has 0 radical (unpaired) electrons. The minimum absolute atomic E-state index is 0.137. The zero-order valence-electron chi connectivity index (χ0n) is 14.4. The number of aromatic nitrogens is 1. The van der Waals surface area contributed by atoms with Crippen LogP contribution in [0.3, 0.4) is 0 Å². The molecule has 0 saturated heterocycles. The average Bonchev–Trinajstić information content (AvgIpc) is 2.98. The molecule has 1 N–H and O–H groups in total. The van der Waals surface area contributed by atoms with E-state index in [0.29, 0.717) is 40.0 Å². The molecular formula is C19H16Cl2N4O2. The topological polar surface area (TPSA) is 65.5 Å². The molecule has 0 spiro atoms. The SMILES string of the molecule is CN1C(=O)N[C@H](c2cccc(Cl)c2Cl)C2=C1CN(Cc1cccnc1)C2=O. The number of benzene rings is 1. The van der Waals surface area contributed by atoms with Gasteiger partial charge in [0.05, 0.1) is 33.9 Å². The predicted molar refractivity (Wildman–Crippen MR) is 102 cm³/mol. The summed E-state index contributed by atoms with van der Waals surface area (Å²) in [6.07, 6.45) is 3.41. The Balaban J connectivity index is 1.72. The number of rotatable bonds is 3. The summed E-state index contributed by atoms with van der Waals surface area (Å²) in [5, 5.41) is 3.57. The number of likely N-dealkylation sites (N-methyl/N-ethyl adjacent to an activating group) is 1. The Labute approximate surface area is 166 Å². The Kier molecular flexibility index (Phi) is 4.53. The average molecular weight is 403 g/mol. The third kappa shape index (κ3) is 3.05. The molecule has 8 heteroatoms. The number of nitrogens with zero attached hydrogens (tertiary/aromatic N) is 3. The van der Waals surface area contributed by atoms with Crippen LogP contribution in [0.2, 0.25) is 10.0 Å². The summed E-state index contributed by atoms with van der Waals surface area (Å²) in [7, 11) is 1.65. The highest BCUT2D eigenvalue weighted by molar-refractivity contribution is 6.42. The first-order valence-electron chi connectivity index (χ1n) is 8.36. The normalized spacial score (nSPS) is 19.4. The van der Waals surface area contributed by atoms with E-state index in [1.54, 1.807) is 42.5 Å². The van der Waals surface area contributed by atoms with Crippen molar-refractivity contribution in [3.8, 4) is 0 Å². The van der Waals surface area contributed by atoms with Crippen LogP contribution in [0.15, 0.2) is 54.0 Å². The number of carbonyl (C=O) groups is 2. The quantitative estimate of drug-likeness (QED) is 0.855. The van der Waals surface area contributed by atoms with Gasteiger partial charge in [-0.05, 0) is 23.3 Å². The van der Waals surface area contributed by atoms with Gasteiger partial charge in [0.2, 0.25) is 0 Å². The van der Waals surface area contributed by atoms with Crippen molar-refractivity contribution in [2.75, 3.05) is 13.6 Å². The molecule has 1 aromatic heterocycles. The van der Waals surface area contributed by atoms with Crippen molar-refractivity contribution in [1.29, 1.82) is 0 Å². The summed E-state index contributed by atoms with van der Waals surface area (Å²) in [4.78, 5) is 32.9. The van der Waals surface area contributed by atoms with Crippen LogP contribution in [0.4, 0.5) is 4.79 Å². The van der Waals surface area contributed by atoms with Crippen molar-refractivity contribution in [1.82, 2.24) is 20.1 Å². The van der Waals surface area contributed by atoms with E-state index in [1.165, 1.54) is 4.90 Å². The van der Waals surface area contributed by atoms with Crippen molar-refractivity contribution >= 4 is 35.1 Å². The fraction of sp³-hybridized carbons (Fsp3) is 0.211. The monoisotopic (exact) mass is 402 g/mol. The first kappa shape index (κ1) is 17.8. The van der Waals surface area contributed by atoms with Crippen molar-refractivity contribution < 1.29 is 9.59 Å². The highest BCUT2D eigenvalue weighted by Gasteiger charge is 2.43. The van der Waals surface area contributed by atoms with E-state index in [4.69, 9.17) is 23.2 Å². The van der Waals surface area contributed by atoms with E-state index >= 15 is 0 Å². The lowest BCUT2D eigenvalue weighted by atomic mass is 9.95. The predicted octanol–water partition coefficient (Wildman–Crippen LogP) is 3.38. The lowest BCUT2D eigenvalue weighted by Gasteiger charge is -2.31. The van der Waals surface area contributed by atoms with Gasteiger partial charge in [-0.2, -0.15) is 0 Å². The van der Waals surface area contributed by atoms with Crippen LogP contribution in [0, 0.1) is 0 Å². The van der Waals surface area contributed by atoms with E-state index in [9.17, 15) is 9.59 Å².